The summed E-state index contributed by atoms with van der Waals surface area (Å²) in [5, 5.41) is 0. The molecule has 66 valence electrons. The molecule has 1 heterocycles. The van der Waals surface area contributed by atoms with Gasteiger partial charge in [0.15, 0.2) is 0 Å². The molecule has 2 nitrogen and oxygen atoms in total. The zero-order chi connectivity index (χ0) is 8.81. The molecule has 2 heteroatoms. The van der Waals surface area contributed by atoms with Gasteiger partial charge in [0.25, 0.3) is 0 Å². The van der Waals surface area contributed by atoms with Gasteiger partial charge in [0.2, 0.25) is 0 Å². The summed E-state index contributed by atoms with van der Waals surface area (Å²) in [7, 11) is 0. The van der Waals surface area contributed by atoms with Crippen LogP contribution in [-0.2, 0) is 6.42 Å². The average molecular weight is 164 g/mol. The normalized spacial score (nSPS) is 10.1. The van der Waals surface area contributed by atoms with Crippen LogP contribution in [0, 0.1) is 0 Å². The van der Waals surface area contributed by atoms with E-state index in [4.69, 9.17) is 5.73 Å². The molecule has 1 aromatic heterocycles. The van der Waals surface area contributed by atoms with Crippen LogP contribution in [0.5, 0.6) is 0 Å². The van der Waals surface area contributed by atoms with E-state index >= 15 is 0 Å². The second kappa shape index (κ2) is 4.75. The monoisotopic (exact) mass is 164 g/mol. The maximum Gasteiger partial charge on any atom is 0.123 e. The van der Waals surface area contributed by atoms with Gasteiger partial charge < -0.3 is 5.73 Å². The molecule has 0 amide bonds. The van der Waals surface area contributed by atoms with Gasteiger partial charge in [0.05, 0.1) is 0 Å². The number of rotatable bonds is 4. The molecule has 0 spiro atoms. The van der Waals surface area contributed by atoms with E-state index in [0.29, 0.717) is 5.82 Å². The van der Waals surface area contributed by atoms with E-state index in [-0.39, 0.29) is 0 Å². The lowest BCUT2D eigenvalue weighted by Crippen LogP contribution is -1.92. The molecular formula is C10H16N2. The van der Waals surface area contributed by atoms with Gasteiger partial charge in [-0.05, 0) is 30.5 Å². The Morgan fingerprint density at radius 1 is 1.42 bits per heavy atom. The van der Waals surface area contributed by atoms with Gasteiger partial charge in [-0.1, -0.05) is 19.8 Å². The third-order valence-electron chi connectivity index (χ3n) is 1.91. The number of nitrogens with two attached hydrogens (primary N) is 1. The van der Waals surface area contributed by atoms with Crippen molar-refractivity contribution >= 4 is 5.82 Å². The molecule has 0 saturated heterocycles. The molecule has 0 bridgehead atoms. The van der Waals surface area contributed by atoms with Crippen LogP contribution in [-0.4, -0.2) is 4.98 Å². The molecule has 0 fully saturated rings. The van der Waals surface area contributed by atoms with E-state index in [9.17, 15) is 0 Å². The number of unbranched alkanes of at least 4 members (excludes halogenated alkanes) is 2. The van der Waals surface area contributed by atoms with Crippen molar-refractivity contribution in [1.82, 2.24) is 4.98 Å². The van der Waals surface area contributed by atoms with E-state index < -0.39 is 0 Å². The Morgan fingerprint density at radius 3 is 2.92 bits per heavy atom. The summed E-state index contributed by atoms with van der Waals surface area (Å²) in [5.41, 5.74) is 6.85. The number of hydrogen-bond donors (Lipinski definition) is 1. The molecule has 1 aromatic rings. The maximum absolute atomic E-state index is 5.55. The topological polar surface area (TPSA) is 38.9 Å². The highest BCUT2D eigenvalue weighted by Gasteiger charge is 1.93. The number of aryl methyl sites for hydroxylation is 1. The zero-order valence-electron chi connectivity index (χ0n) is 7.59. The van der Waals surface area contributed by atoms with Crippen molar-refractivity contribution in [2.45, 2.75) is 32.6 Å². The molecule has 12 heavy (non-hydrogen) atoms. The number of hydrogen-bond acceptors (Lipinski definition) is 2. The smallest absolute Gasteiger partial charge is 0.123 e. The summed E-state index contributed by atoms with van der Waals surface area (Å²) in [6.07, 6.45) is 6.71. The summed E-state index contributed by atoms with van der Waals surface area (Å²) in [5.74, 6) is 0.629. The molecule has 0 aliphatic rings. The highest BCUT2D eigenvalue weighted by atomic mass is 14.8. The van der Waals surface area contributed by atoms with Crippen LogP contribution in [0.1, 0.15) is 31.7 Å². The fourth-order valence-electron chi connectivity index (χ4n) is 1.23. The van der Waals surface area contributed by atoms with E-state index in [2.05, 4.69) is 11.9 Å². The Labute approximate surface area is 73.8 Å². The van der Waals surface area contributed by atoms with Gasteiger partial charge in [0, 0.05) is 6.20 Å². The standard InChI is InChI=1S/C10H16N2/c1-2-3-4-5-9-6-7-12-10(11)8-9/h6-8H,2-5H2,1H3,(H2,11,12). The van der Waals surface area contributed by atoms with Crippen LogP contribution in [0.4, 0.5) is 5.82 Å². The lowest BCUT2D eigenvalue weighted by Gasteiger charge is -2.00. The van der Waals surface area contributed by atoms with E-state index in [1.807, 2.05) is 12.1 Å². The van der Waals surface area contributed by atoms with Gasteiger partial charge in [-0.25, -0.2) is 4.98 Å². The molecule has 0 atom stereocenters. The maximum atomic E-state index is 5.55. The number of nitrogens with zero attached hydrogens (tertiary/aromatic N) is 1. The molecule has 0 aliphatic heterocycles. The molecule has 0 aliphatic carbocycles. The van der Waals surface area contributed by atoms with Gasteiger partial charge in [0.1, 0.15) is 5.82 Å². The number of aromatic nitrogens is 1. The molecular weight excluding hydrogens is 148 g/mol. The second-order valence-electron chi connectivity index (χ2n) is 3.05. The van der Waals surface area contributed by atoms with Crippen LogP contribution < -0.4 is 5.73 Å². The first-order chi connectivity index (χ1) is 5.83. The Morgan fingerprint density at radius 2 is 2.25 bits per heavy atom. The number of pyridine rings is 1. The Kier molecular flexibility index (Phi) is 3.58. The Bertz CT molecular complexity index is 233. The van der Waals surface area contributed by atoms with Crippen molar-refractivity contribution in [3.8, 4) is 0 Å². The highest BCUT2D eigenvalue weighted by molar-refractivity contribution is 5.31. The minimum absolute atomic E-state index is 0.629. The number of nitrogen functional groups attached to an aromatic ring is 1. The van der Waals surface area contributed by atoms with Crippen molar-refractivity contribution in [3.05, 3.63) is 23.9 Å². The lowest BCUT2D eigenvalue weighted by atomic mass is 10.1. The molecule has 0 aromatic carbocycles. The average Bonchev–Trinajstić information content (AvgIpc) is 2.05. The van der Waals surface area contributed by atoms with Crippen LogP contribution in [0.2, 0.25) is 0 Å². The number of anilines is 1. The van der Waals surface area contributed by atoms with Crippen LogP contribution in [0.25, 0.3) is 0 Å². The van der Waals surface area contributed by atoms with Crippen LogP contribution in [0.15, 0.2) is 18.3 Å². The van der Waals surface area contributed by atoms with Crippen molar-refractivity contribution in [2.24, 2.45) is 0 Å². The SMILES string of the molecule is CCCCCc1ccnc(N)c1. The molecule has 1 rings (SSSR count). The highest BCUT2D eigenvalue weighted by Crippen LogP contribution is 2.07. The van der Waals surface area contributed by atoms with Gasteiger partial charge >= 0.3 is 0 Å². The first-order valence-corrected chi connectivity index (χ1v) is 4.53. The van der Waals surface area contributed by atoms with E-state index in [0.717, 1.165) is 6.42 Å². The summed E-state index contributed by atoms with van der Waals surface area (Å²) in [4.78, 5) is 3.95. The van der Waals surface area contributed by atoms with Crippen LogP contribution >= 0.6 is 0 Å². The lowest BCUT2D eigenvalue weighted by molar-refractivity contribution is 0.717. The zero-order valence-corrected chi connectivity index (χ0v) is 7.59. The fourth-order valence-corrected chi connectivity index (χ4v) is 1.23. The summed E-state index contributed by atoms with van der Waals surface area (Å²) in [6, 6.07) is 3.99. The largest absolute Gasteiger partial charge is 0.384 e. The summed E-state index contributed by atoms with van der Waals surface area (Å²) >= 11 is 0. The summed E-state index contributed by atoms with van der Waals surface area (Å²) in [6.45, 7) is 2.21. The van der Waals surface area contributed by atoms with Gasteiger partial charge in [-0.3, -0.25) is 0 Å². The van der Waals surface area contributed by atoms with Crippen molar-refractivity contribution in [1.29, 1.82) is 0 Å². The van der Waals surface area contributed by atoms with E-state index in [1.165, 1.54) is 24.8 Å². The van der Waals surface area contributed by atoms with Crippen molar-refractivity contribution in [2.75, 3.05) is 5.73 Å². The van der Waals surface area contributed by atoms with Crippen LogP contribution in [0.3, 0.4) is 0 Å². The first kappa shape index (κ1) is 9.04. The minimum Gasteiger partial charge on any atom is -0.384 e. The van der Waals surface area contributed by atoms with E-state index in [1.54, 1.807) is 6.20 Å². The minimum atomic E-state index is 0.629. The first-order valence-electron chi connectivity index (χ1n) is 4.53. The van der Waals surface area contributed by atoms with Crippen molar-refractivity contribution in [3.63, 3.8) is 0 Å². The third kappa shape index (κ3) is 2.91. The molecule has 0 unspecified atom stereocenters. The van der Waals surface area contributed by atoms with Gasteiger partial charge in [-0.15, -0.1) is 0 Å². The fraction of sp³-hybridized carbons (Fsp3) is 0.500. The predicted molar refractivity (Wildman–Crippen MR) is 51.9 cm³/mol. The van der Waals surface area contributed by atoms with Gasteiger partial charge in [-0.2, -0.15) is 0 Å². The predicted octanol–water partition coefficient (Wildman–Crippen LogP) is 2.40. The Balaban J connectivity index is 2.41. The second-order valence-corrected chi connectivity index (χ2v) is 3.05. The Hall–Kier alpha value is -1.05. The molecule has 0 saturated carbocycles. The van der Waals surface area contributed by atoms with Crippen molar-refractivity contribution < 1.29 is 0 Å². The summed E-state index contributed by atoms with van der Waals surface area (Å²) < 4.78 is 0. The third-order valence-corrected chi connectivity index (χ3v) is 1.91. The molecule has 0 radical (unpaired) electrons. The molecule has 2 N–H and O–H groups in total. The quantitative estimate of drug-likeness (QED) is 0.694.